The van der Waals surface area contributed by atoms with Crippen molar-refractivity contribution >= 4 is 23.4 Å². The number of fused-ring (bicyclic) bond motifs is 1. The molecule has 34 heavy (non-hydrogen) atoms. The number of nitrogens with zero attached hydrogens (tertiary/aromatic N) is 3. The van der Waals surface area contributed by atoms with Crippen LogP contribution in [0.1, 0.15) is 67.0 Å². The summed E-state index contributed by atoms with van der Waals surface area (Å²) in [5.74, 6) is -0.228. The smallest absolute Gasteiger partial charge is 0.271 e. The Labute approximate surface area is 202 Å². The third-order valence-electron chi connectivity index (χ3n) is 6.49. The molecule has 1 N–H and O–H groups in total. The molecule has 5 heteroatoms. The first-order chi connectivity index (χ1) is 16.2. The number of carbonyl (C=O) groups is 1. The zero-order valence-electron chi connectivity index (χ0n) is 21.0. The molecule has 0 bridgehead atoms. The van der Waals surface area contributed by atoms with Gasteiger partial charge in [0.25, 0.3) is 5.91 Å². The first kappa shape index (κ1) is 23.6. The molecule has 1 aliphatic heterocycles. The number of anilines is 1. The molecule has 5 nitrogen and oxygen atoms in total. The van der Waals surface area contributed by atoms with E-state index in [0.717, 1.165) is 35.6 Å². The van der Waals surface area contributed by atoms with Crippen molar-refractivity contribution in [3.63, 3.8) is 0 Å². The van der Waals surface area contributed by atoms with Gasteiger partial charge in [0.05, 0.1) is 11.8 Å². The quantitative estimate of drug-likeness (QED) is 0.352. The Morgan fingerprint density at radius 2 is 1.68 bits per heavy atom. The van der Waals surface area contributed by atoms with Gasteiger partial charge in [-0.25, -0.2) is 5.43 Å². The van der Waals surface area contributed by atoms with Gasteiger partial charge in [-0.2, -0.15) is 5.10 Å². The zero-order valence-corrected chi connectivity index (χ0v) is 21.0. The minimum atomic E-state index is -0.228. The van der Waals surface area contributed by atoms with Crippen molar-refractivity contribution in [3.8, 4) is 5.69 Å². The third kappa shape index (κ3) is 4.56. The first-order valence-corrected chi connectivity index (χ1v) is 11.9. The van der Waals surface area contributed by atoms with E-state index >= 15 is 0 Å². The van der Waals surface area contributed by atoms with E-state index in [-0.39, 0.29) is 11.4 Å². The Bertz CT molecular complexity index is 1240. The average molecular weight is 455 g/mol. The molecular weight excluding hydrogens is 420 g/mol. The molecule has 0 spiro atoms. The molecule has 176 valence electrons. The van der Waals surface area contributed by atoms with Gasteiger partial charge in [0.15, 0.2) is 0 Å². The monoisotopic (exact) mass is 454 g/mol. The summed E-state index contributed by atoms with van der Waals surface area (Å²) < 4.78 is 2.16. The minimum Gasteiger partial charge on any atom is -0.362 e. The largest absolute Gasteiger partial charge is 0.362 e. The number of carbonyl (C=O) groups excluding carboxylic acids is 1. The molecule has 0 unspecified atom stereocenters. The molecule has 1 amide bonds. The molecule has 2 heterocycles. The predicted molar refractivity (Wildman–Crippen MR) is 142 cm³/mol. The standard InChI is InChI=1S/C29H34N4O/c1-7-16-32-27-15-10-23(17-26(27)20(2)18-29(32,5)6)19-30-31-28(34)24-11-13-25(14-12-24)33-21(3)8-9-22(33)4/h8-15,17-19H,7,16H2,1-6H3,(H,31,34)/b30-19-. The van der Waals surface area contributed by atoms with Crippen molar-refractivity contribution in [3.05, 3.63) is 88.8 Å². The van der Waals surface area contributed by atoms with Crippen molar-refractivity contribution in [2.24, 2.45) is 5.10 Å². The molecule has 0 saturated heterocycles. The van der Waals surface area contributed by atoms with Crippen molar-refractivity contribution < 1.29 is 4.79 Å². The highest BCUT2D eigenvalue weighted by Crippen LogP contribution is 2.39. The topological polar surface area (TPSA) is 49.6 Å². The normalized spacial score (nSPS) is 14.8. The van der Waals surface area contributed by atoms with Crippen LogP contribution in [0.15, 0.2) is 65.8 Å². The summed E-state index contributed by atoms with van der Waals surface area (Å²) in [5, 5.41) is 4.21. The number of hydrogen-bond acceptors (Lipinski definition) is 3. The maximum atomic E-state index is 12.6. The van der Waals surface area contributed by atoms with E-state index in [9.17, 15) is 4.79 Å². The van der Waals surface area contributed by atoms with Crippen LogP contribution < -0.4 is 10.3 Å². The SMILES string of the molecule is CCCN1c2ccc(/C=N\NC(=O)c3ccc(-n4c(C)ccc4C)cc3)cc2C(C)=CC1(C)C. The number of hydrazone groups is 1. The van der Waals surface area contributed by atoms with Crippen LogP contribution in [-0.4, -0.2) is 28.8 Å². The lowest BCUT2D eigenvalue weighted by Crippen LogP contribution is -2.45. The first-order valence-electron chi connectivity index (χ1n) is 11.9. The van der Waals surface area contributed by atoms with Crippen LogP contribution in [0.3, 0.4) is 0 Å². The van der Waals surface area contributed by atoms with E-state index in [1.165, 1.54) is 16.8 Å². The predicted octanol–water partition coefficient (Wildman–Crippen LogP) is 6.27. The summed E-state index contributed by atoms with van der Waals surface area (Å²) in [6.07, 6.45) is 5.13. The van der Waals surface area contributed by atoms with Crippen molar-refractivity contribution in [1.29, 1.82) is 0 Å². The summed E-state index contributed by atoms with van der Waals surface area (Å²) in [6, 6.07) is 18.1. The molecule has 1 aliphatic rings. The lowest BCUT2D eigenvalue weighted by atomic mass is 9.88. The molecule has 0 fully saturated rings. The molecule has 0 atom stereocenters. The van der Waals surface area contributed by atoms with E-state index in [4.69, 9.17) is 0 Å². The Kier molecular flexibility index (Phi) is 6.47. The maximum absolute atomic E-state index is 12.6. The number of nitrogens with one attached hydrogen (secondary N) is 1. The van der Waals surface area contributed by atoms with Crippen LogP contribution in [0.25, 0.3) is 11.3 Å². The lowest BCUT2D eigenvalue weighted by molar-refractivity contribution is 0.0955. The summed E-state index contributed by atoms with van der Waals surface area (Å²) in [4.78, 5) is 15.0. The van der Waals surface area contributed by atoms with Gasteiger partial charge in [-0.3, -0.25) is 4.79 Å². The molecule has 2 aromatic carbocycles. The van der Waals surface area contributed by atoms with Gasteiger partial charge in [0.2, 0.25) is 0 Å². The number of hydrogen-bond donors (Lipinski definition) is 1. The second-order valence-electron chi connectivity index (χ2n) is 9.61. The average Bonchev–Trinajstić information content (AvgIpc) is 3.14. The van der Waals surface area contributed by atoms with E-state index in [0.29, 0.717) is 5.56 Å². The highest BCUT2D eigenvalue weighted by atomic mass is 16.2. The maximum Gasteiger partial charge on any atom is 0.271 e. The Morgan fingerprint density at radius 1 is 1.00 bits per heavy atom. The molecule has 0 radical (unpaired) electrons. The lowest BCUT2D eigenvalue weighted by Gasteiger charge is -2.43. The number of benzene rings is 2. The zero-order chi connectivity index (χ0) is 24.5. The van der Waals surface area contributed by atoms with Gasteiger partial charge in [-0.15, -0.1) is 0 Å². The second kappa shape index (κ2) is 9.34. The van der Waals surface area contributed by atoms with E-state index in [2.05, 4.69) is 97.9 Å². The fourth-order valence-corrected chi connectivity index (χ4v) is 4.88. The van der Waals surface area contributed by atoms with E-state index in [1.54, 1.807) is 6.21 Å². The van der Waals surface area contributed by atoms with Crippen LogP contribution >= 0.6 is 0 Å². The fraction of sp³-hybridized carbons (Fsp3) is 0.310. The molecule has 4 rings (SSSR count). The van der Waals surface area contributed by atoms with Crippen LogP contribution in [0.5, 0.6) is 0 Å². The van der Waals surface area contributed by atoms with Gasteiger partial charge in [-0.05, 0) is 101 Å². The Balaban J connectivity index is 1.47. The van der Waals surface area contributed by atoms with Crippen LogP contribution in [-0.2, 0) is 0 Å². The molecule has 0 saturated carbocycles. The number of allylic oxidation sites excluding steroid dienone is 1. The molecule has 3 aromatic rings. The Morgan fingerprint density at radius 3 is 2.32 bits per heavy atom. The number of aromatic nitrogens is 1. The van der Waals surface area contributed by atoms with E-state index in [1.807, 2.05) is 24.3 Å². The number of amides is 1. The molecule has 0 aliphatic carbocycles. The van der Waals surface area contributed by atoms with Crippen LogP contribution in [0, 0.1) is 13.8 Å². The Hall–Kier alpha value is -3.60. The summed E-state index contributed by atoms with van der Waals surface area (Å²) in [6.45, 7) is 14.0. The van der Waals surface area contributed by atoms with Gasteiger partial charge in [0, 0.05) is 40.4 Å². The highest BCUT2D eigenvalue weighted by Gasteiger charge is 2.30. The third-order valence-corrected chi connectivity index (χ3v) is 6.49. The molecule has 1 aromatic heterocycles. The van der Waals surface area contributed by atoms with Crippen LogP contribution in [0.2, 0.25) is 0 Å². The van der Waals surface area contributed by atoms with Gasteiger partial charge < -0.3 is 9.47 Å². The number of rotatable bonds is 6. The van der Waals surface area contributed by atoms with Gasteiger partial charge >= 0.3 is 0 Å². The molecular formula is C29H34N4O. The van der Waals surface area contributed by atoms with Crippen molar-refractivity contribution in [2.75, 3.05) is 11.4 Å². The minimum absolute atomic E-state index is 0.00896. The second-order valence-corrected chi connectivity index (χ2v) is 9.61. The van der Waals surface area contributed by atoms with E-state index < -0.39 is 0 Å². The summed E-state index contributed by atoms with van der Waals surface area (Å²) in [7, 11) is 0. The van der Waals surface area contributed by atoms with Crippen molar-refractivity contribution in [1.82, 2.24) is 9.99 Å². The van der Waals surface area contributed by atoms with Gasteiger partial charge in [0.1, 0.15) is 0 Å². The fourth-order valence-electron chi connectivity index (χ4n) is 4.88. The summed E-state index contributed by atoms with van der Waals surface area (Å²) in [5.41, 5.74) is 11.3. The van der Waals surface area contributed by atoms with Gasteiger partial charge in [-0.1, -0.05) is 19.1 Å². The van der Waals surface area contributed by atoms with Crippen molar-refractivity contribution in [2.45, 2.75) is 53.5 Å². The number of aryl methyl sites for hydroxylation is 2. The highest BCUT2D eigenvalue weighted by molar-refractivity contribution is 5.95. The van der Waals surface area contributed by atoms with Crippen LogP contribution in [0.4, 0.5) is 5.69 Å². The summed E-state index contributed by atoms with van der Waals surface area (Å²) >= 11 is 0.